The lowest BCUT2D eigenvalue weighted by Crippen LogP contribution is -2.24. The van der Waals surface area contributed by atoms with E-state index in [-0.39, 0.29) is 11.6 Å². The molecule has 26 heavy (non-hydrogen) atoms. The summed E-state index contributed by atoms with van der Waals surface area (Å²) in [5.41, 5.74) is 3.63. The van der Waals surface area contributed by atoms with Crippen LogP contribution in [0.1, 0.15) is 24.2 Å². The highest BCUT2D eigenvalue weighted by Crippen LogP contribution is 2.31. The van der Waals surface area contributed by atoms with E-state index in [9.17, 15) is 9.59 Å². The van der Waals surface area contributed by atoms with Crippen molar-refractivity contribution in [3.05, 3.63) is 52.7 Å². The molecule has 3 aromatic rings. The number of carbonyl (C=O) groups is 1. The van der Waals surface area contributed by atoms with E-state index in [2.05, 4.69) is 29.0 Å². The number of fused-ring (bicyclic) bond motifs is 1. The molecule has 1 amide bonds. The molecule has 0 radical (unpaired) electrons. The van der Waals surface area contributed by atoms with E-state index < -0.39 is 0 Å². The van der Waals surface area contributed by atoms with Gasteiger partial charge in [-0.15, -0.1) is 0 Å². The van der Waals surface area contributed by atoms with Crippen molar-refractivity contribution in [2.45, 2.75) is 13.8 Å². The zero-order chi connectivity index (χ0) is 18.8. The number of nitrogens with zero attached hydrogens (tertiary/aromatic N) is 4. The van der Waals surface area contributed by atoms with E-state index in [0.29, 0.717) is 11.3 Å². The van der Waals surface area contributed by atoms with E-state index in [1.807, 2.05) is 12.1 Å². The molecule has 0 atom stereocenters. The molecule has 136 valence electrons. The molecule has 7 heteroatoms. The lowest BCUT2D eigenvalue weighted by Gasteiger charge is -2.24. The van der Waals surface area contributed by atoms with Gasteiger partial charge in [0, 0.05) is 45.1 Å². The molecular weight excluding hydrogens is 330 g/mol. The highest BCUT2D eigenvalue weighted by atomic mass is 16.2. The van der Waals surface area contributed by atoms with Crippen molar-refractivity contribution in [1.29, 1.82) is 0 Å². The minimum absolute atomic E-state index is 0.0943. The monoisotopic (exact) mass is 353 g/mol. The number of carbonyl (C=O) groups excluding carboxylic acids is 1. The normalized spacial score (nSPS) is 10.9. The Kier molecular flexibility index (Phi) is 4.79. The van der Waals surface area contributed by atoms with E-state index >= 15 is 0 Å². The quantitative estimate of drug-likeness (QED) is 0.764. The maximum absolute atomic E-state index is 12.6. The Labute approximate surface area is 151 Å². The average Bonchev–Trinajstić information content (AvgIpc) is 2.87. The van der Waals surface area contributed by atoms with Crippen molar-refractivity contribution in [2.75, 3.05) is 23.3 Å². The molecule has 2 aromatic heterocycles. The van der Waals surface area contributed by atoms with Gasteiger partial charge < -0.3 is 10.2 Å². The second-order valence-corrected chi connectivity index (χ2v) is 6.12. The number of aryl methyl sites for hydroxylation is 2. The maximum Gasteiger partial charge on any atom is 0.328 e. The van der Waals surface area contributed by atoms with E-state index in [4.69, 9.17) is 0 Å². The SMILES string of the molecule is CCN(CC)c1cc2c(cc1NC(=O)c1ccncc1)n(C)c(=O)n2C. The largest absolute Gasteiger partial charge is 0.370 e. The third-order valence-corrected chi connectivity index (χ3v) is 4.68. The minimum Gasteiger partial charge on any atom is -0.370 e. The van der Waals surface area contributed by atoms with Gasteiger partial charge in [0.05, 0.1) is 22.4 Å². The standard InChI is InChI=1S/C19H23N5O2/c1-5-24(6-2)15-12-17-16(22(3)19(26)23(17)4)11-14(15)21-18(25)13-7-9-20-10-8-13/h7-12H,5-6H2,1-4H3,(H,21,25). The summed E-state index contributed by atoms with van der Waals surface area (Å²) in [6.45, 7) is 5.71. The molecule has 0 fully saturated rings. The van der Waals surface area contributed by atoms with Crippen LogP contribution in [0.3, 0.4) is 0 Å². The number of aromatic nitrogens is 3. The summed E-state index contributed by atoms with van der Waals surface area (Å²) in [5.74, 6) is -0.207. The van der Waals surface area contributed by atoms with Crippen LogP contribution in [0.4, 0.5) is 11.4 Å². The predicted molar refractivity (Wildman–Crippen MR) is 104 cm³/mol. The second kappa shape index (κ2) is 7.03. The van der Waals surface area contributed by atoms with Crippen LogP contribution in [0, 0.1) is 0 Å². The number of hydrogen-bond acceptors (Lipinski definition) is 4. The van der Waals surface area contributed by atoms with Crippen molar-refractivity contribution < 1.29 is 4.79 Å². The molecule has 1 aromatic carbocycles. The van der Waals surface area contributed by atoms with E-state index in [0.717, 1.165) is 29.8 Å². The van der Waals surface area contributed by atoms with E-state index in [1.54, 1.807) is 47.8 Å². The van der Waals surface area contributed by atoms with Gasteiger partial charge in [-0.25, -0.2) is 4.79 Å². The van der Waals surface area contributed by atoms with Crippen LogP contribution in [0.15, 0.2) is 41.5 Å². The zero-order valence-corrected chi connectivity index (χ0v) is 15.5. The number of hydrogen-bond donors (Lipinski definition) is 1. The molecule has 3 rings (SSSR count). The molecule has 0 aliphatic carbocycles. The Morgan fingerprint density at radius 3 is 2.23 bits per heavy atom. The fourth-order valence-electron chi connectivity index (χ4n) is 3.16. The van der Waals surface area contributed by atoms with Crippen LogP contribution in [-0.4, -0.2) is 33.1 Å². The first-order valence-electron chi connectivity index (χ1n) is 8.63. The fourth-order valence-corrected chi connectivity index (χ4v) is 3.16. The third-order valence-electron chi connectivity index (χ3n) is 4.68. The maximum atomic E-state index is 12.6. The summed E-state index contributed by atoms with van der Waals surface area (Å²) < 4.78 is 3.21. The molecule has 0 saturated carbocycles. The minimum atomic E-state index is -0.207. The Balaban J connectivity index is 2.15. The van der Waals surface area contributed by atoms with Crippen LogP contribution >= 0.6 is 0 Å². The van der Waals surface area contributed by atoms with Gasteiger partial charge >= 0.3 is 5.69 Å². The molecule has 0 unspecified atom stereocenters. The van der Waals surface area contributed by atoms with Gasteiger partial charge in [-0.2, -0.15) is 0 Å². The van der Waals surface area contributed by atoms with Gasteiger partial charge in [0.25, 0.3) is 5.91 Å². The summed E-state index contributed by atoms with van der Waals surface area (Å²) in [5, 5.41) is 2.99. The molecule has 0 bridgehead atoms. The summed E-state index contributed by atoms with van der Waals surface area (Å²) in [4.78, 5) is 31.0. The summed E-state index contributed by atoms with van der Waals surface area (Å²) in [6, 6.07) is 7.17. The number of amides is 1. The molecule has 2 heterocycles. The van der Waals surface area contributed by atoms with Crippen molar-refractivity contribution in [1.82, 2.24) is 14.1 Å². The topological polar surface area (TPSA) is 72.2 Å². The van der Waals surface area contributed by atoms with Gasteiger partial charge in [-0.05, 0) is 38.1 Å². The average molecular weight is 353 g/mol. The molecule has 7 nitrogen and oxygen atoms in total. The first kappa shape index (κ1) is 17.7. The lowest BCUT2D eigenvalue weighted by molar-refractivity contribution is 0.102. The first-order valence-corrected chi connectivity index (χ1v) is 8.63. The first-order chi connectivity index (χ1) is 12.5. The van der Waals surface area contributed by atoms with Crippen LogP contribution in [0.25, 0.3) is 11.0 Å². The number of anilines is 2. The fraction of sp³-hybridized carbons (Fsp3) is 0.316. The van der Waals surface area contributed by atoms with Gasteiger partial charge in [0.15, 0.2) is 0 Å². The summed E-state index contributed by atoms with van der Waals surface area (Å²) in [7, 11) is 3.49. The van der Waals surface area contributed by atoms with Crippen molar-refractivity contribution in [3.8, 4) is 0 Å². The number of nitrogens with one attached hydrogen (secondary N) is 1. The number of pyridine rings is 1. The third kappa shape index (κ3) is 2.96. The van der Waals surface area contributed by atoms with Gasteiger partial charge in [-0.3, -0.25) is 18.9 Å². The van der Waals surface area contributed by atoms with Gasteiger partial charge in [0.2, 0.25) is 0 Å². The van der Waals surface area contributed by atoms with Crippen LogP contribution in [-0.2, 0) is 14.1 Å². The number of rotatable bonds is 5. The Bertz CT molecular complexity index is 1000. The van der Waals surface area contributed by atoms with Crippen LogP contribution < -0.4 is 15.9 Å². The smallest absolute Gasteiger partial charge is 0.328 e. The predicted octanol–water partition coefficient (Wildman–Crippen LogP) is 2.37. The summed E-state index contributed by atoms with van der Waals surface area (Å²) >= 11 is 0. The highest BCUT2D eigenvalue weighted by molar-refractivity contribution is 6.07. The highest BCUT2D eigenvalue weighted by Gasteiger charge is 2.17. The van der Waals surface area contributed by atoms with Crippen molar-refractivity contribution in [2.24, 2.45) is 14.1 Å². The van der Waals surface area contributed by atoms with Gasteiger partial charge in [0.1, 0.15) is 0 Å². The molecule has 1 N–H and O–H groups in total. The lowest BCUT2D eigenvalue weighted by atomic mass is 10.2. The zero-order valence-electron chi connectivity index (χ0n) is 15.5. The van der Waals surface area contributed by atoms with Crippen molar-refractivity contribution in [3.63, 3.8) is 0 Å². The molecule has 0 spiro atoms. The van der Waals surface area contributed by atoms with Gasteiger partial charge in [-0.1, -0.05) is 0 Å². The molecule has 0 saturated heterocycles. The molecule has 0 aliphatic rings. The Morgan fingerprint density at radius 2 is 1.65 bits per heavy atom. The Morgan fingerprint density at radius 1 is 1.08 bits per heavy atom. The van der Waals surface area contributed by atoms with Crippen molar-refractivity contribution >= 4 is 28.3 Å². The summed E-state index contributed by atoms with van der Waals surface area (Å²) in [6.07, 6.45) is 3.18. The molecular formula is C19H23N5O2. The van der Waals surface area contributed by atoms with Crippen LogP contribution in [0.2, 0.25) is 0 Å². The number of imidazole rings is 1. The molecule has 0 aliphatic heterocycles. The van der Waals surface area contributed by atoms with Crippen LogP contribution in [0.5, 0.6) is 0 Å². The second-order valence-electron chi connectivity index (χ2n) is 6.12. The Hall–Kier alpha value is -3.09. The number of benzene rings is 1. The van der Waals surface area contributed by atoms with E-state index in [1.165, 1.54) is 0 Å².